The average Bonchev–Trinajstić information content (AvgIpc) is 2.77. The number of ether oxygens (including phenoxy) is 2. The SMILES string of the molecule is CC(C)N[C@]1(C)CCCN(C)C(=O)OCC=CCOC(=O)N(C)C[C@](C)(C(=O)C(C)C)NCC1=O. The lowest BCUT2D eigenvalue weighted by atomic mass is 9.86. The number of carbonyl (C=O) groups is 4. The van der Waals surface area contributed by atoms with Crippen molar-refractivity contribution in [3.05, 3.63) is 12.2 Å². The monoisotopic (exact) mass is 496 g/mol. The van der Waals surface area contributed by atoms with Crippen LogP contribution in [-0.4, -0.2) is 97.6 Å². The third kappa shape index (κ3) is 9.60. The molecule has 0 aromatic rings. The van der Waals surface area contributed by atoms with E-state index in [1.54, 1.807) is 47.0 Å². The van der Waals surface area contributed by atoms with E-state index in [2.05, 4.69) is 10.6 Å². The average molecular weight is 497 g/mol. The summed E-state index contributed by atoms with van der Waals surface area (Å²) in [6, 6.07) is 0.0459. The zero-order chi connectivity index (χ0) is 26.8. The molecule has 1 aliphatic rings. The third-order valence-electron chi connectivity index (χ3n) is 6.05. The number of hydrogen-bond donors (Lipinski definition) is 2. The van der Waals surface area contributed by atoms with E-state index >= 15 is 0 Å². The van der Waals surface area contributed by atoms with E-state index in [9.17, 15) is 19.2 Å². The largest absolute Gasteiger partial charge is 0.445 e. The molecule has 0 aliphatic carbocycles. The molecular weight excluding hydrogens is 452 g/mol. The van der Waals surface area contributed by atoms with Crippen molar-refractivity contribution in [2.24, 2.45) is 5.92 Å². The van der Waals surface area contributed by atoms with E-state index in [1.165, 1.54) is 9.80 Å². The maximum absolute atomic E-state index is 13.4. The second-order valence-electron chi connectivity index (χ2n) is 10.3. The highest BCUT2D eigenvalue weighted by molar-refractivity contribution is 5.93. The maximum atomic E-state index is 13.4. The van der Waals surface area contributed by atoms with E-state index in [-0.39, 0.29) is 49.8 Å². The van der Waals surface area contributed by atoms with E-state index in [0.717, 1.165) is 0 Å². The molecule has 10 nitrogen and oxygen atoms in total. The van der Waals surface area contributed by atoms with Gasteiger partial charge in [-0.25, -0.2) is 9.59 Å². The lowest BCUT2D eigenvalue weighted by Crippen LogP contribution is -2.62. The van der Waals surface area contributed by atoms with Crippen LogP contribution in [0.1, 0.15) is 54.4 Å². The molecule has 0 saturated heterocycles. The minimum Gasteiger partial charge on any atom is -0.445 e. The minimum absolute atomic E-state index is 0.00343. The molecule has 1 rings (SSSR count). The number of amides is 2. The van der Waals surface area contributed by atoms with Crippen molar-refractivity contribution in [1.82, 2.24) is 20.4 Å². The first-order valence-electron chi connectivity index (χ1n) is 12.2. The van der Waals surface area contributed by atoms with E-state index in [0.29, 0.717) is 19.4 Å². The molecule has 1 aliphatic heterocycles. The number of rotatable bonds is 4. The fourth-order valence-electron chi connectivity index (χ4n) is 4.15. The number of nitrogens with zero attached hydrogens (tertiary/aromatic N) is 2. The Morgan fingerprint density at radius 2 is 1.54 bits per heavy atom. The van der Waals surface area contributed by atoms with Crippen molar-refractivity contribution in [3.63, 3.8) is 0 Å². The van der Waals surface area contributed by atoms with Crippen molar-refractivity contribution in [2.45, 2.75) is 71.5 Å². The van der Waals surface area contributed by atoms with Crippen LogP contribution in [0.5, 0.6) is 0 Å². The number of likely N-dealkylation sites (N-methyl/N-ethyl adjacent to an activating group) is 1. The Kier molecular flexibility index (Phi) is 11.9. The van der Waals surface area contributed by atoms with Crippen molar-refractivity contribution in [1.29, 1.82) is 0 Å². The Labute approximate surface area is 209 Å². The van der Waals surface area contributed by atoms with Gasteiger partial charge in [0, 0.05) is 39.1 Å². The van der Waals surface area contributed by atoms with Crippen LogP contribution in [0.25, 0.3) is 0 Å². The van der Waals surface area contributed by atoms with Gasteiger partial charge in [-0.2, -0.15) is 0 Å². The molecule has 2 atom stereocenters. The molecule has 0 fully saturated rings. The highest BCUT2D eigenvalue weighted by atomic mass is 16.6. The van der Waals surface area contributed by atoms with Gasteiger partial charge in [0.05, 0.1) is 17.6 Å². The van der Waals surface area contributed by atoms with Crippen LogP contribution in [0, 0.1) is 5.92 Å². The molecular formula is C25H44N4O6. The van der Waals surface area contributed by atoms with Crippen LogP contribution in [0.4, 0.5) is 9.59 Å². The first-order chi connectivity index (χ1) is 16.2. The van der Waals surface area contributed by atoms with Gasteiger partial charge in [0.25, 0.3) is 0 Å². The number of hydrogen-bond acceptors (Lipinski definition) is 8. The zero-order valence-electron chi connectivity index (χ0n) is 22.6. The Balaban J connectivity index is 3.22. The van der Waals surface area contributed by atoms with Gasteiger partial charge in [-0.1, -0.05) is 13.8 Å². The lowest BCUT2D eigenvalue weighted by Gasteiger charge is -2.37. The van der Waals surface area contributed by atoms with Crippen LogP contribution in [0.2, 0.25) is 0 Å². The molecule has 0 spiro atoms. The lowest BCUT2D eigenvalue weighted by molar-refractivity contribution is -0.129. The van der Waals surface area contributed by atoms with Crippen LogP contribution >= 0.6 is 0 Å². The quantitative estimate of drug-likeness (QED) is 0.570. The van der Waals surface area contributed by atoms with Crippen molar-refractivity contribution >= 4 is 23.8 Å². The molecule has 200 valence electrons. The Bertz CT molecular complexity index is 784. The van der Waals surface area contributed by atoms with Crippen LogP contribution in [0.15, 0.2) is 12.2 Å². The summed E-state index contributed by atoms with van der Waals surface area (Å²) >= 11 is 0. The van der Waals surface area contributed by atoms with E-state index in [4.69, 9.17) is 9.47 Å². The second kappa shape index (κ2) is 13.6. The number of Topliss-reactive ketones (excluding diaryl/α,β-unsaturated/α-hetero) is 2. The predicted octanol–water partition coefficient (Wildman–Crippen LogP) is 2.37. The minimum atomic E-state index is -1.14. The van der Waals surface area contributed by atoms with E-state index < -0.39 is 23.3 Å². The van der Waals surface area contributed by atoms with Crippen molar-refractivity contribution in [3.8, 4) is 0 Å². The molecule has 1 heterocycles. The summed E-state index contributed by atoms with van der Waals surface area (Å²) in [7, 11) is 3.19. The highest BCUT2D eigenvalue weighted by Crippen LogP contribution is 2.19. The fourth-order valence-corrected chi connectivity index (χ4v) is 4.15. The topological polar surface area (TPSA) is 117 Å². The zero-order valence-corrected chi connectivity index (χ0v) is 22.6. The summed E-state index contributed by atoms with van der Waals surface area (Å²) in [5.41, 5.74) is -2.01. The number of cyclic esters (lactones) is 2. The Morgan fingerprint density at radius 3 is 2.06 bits per heavy atom. The van der Waals surface area contributed by atoms with Gasteiger partial charge in [0.1, 0.15) is 13.2 Å². The normalized spacial score (nSPS) is 26.7. The highest BCUT2D eigenvalue weighted by Gasteiger charge is 2.39. The molecule has 2 N–H and O–H groups in total. The van der Waals surface area contributed by atoms with Crippen molar-refractivity contribution in [2.75, 3.05) is 46.9 Å². The molecule has 0 unspecified atom stereocenters. The van der Waals surface area contributed by atoms with Crippen LogP contribution < -0.4 is 10.6 Å². The molecule has 0 aromatic heterocycles. The van der Waals surface area contributed by atoms with Crippen molar-refractivity contribution < 1.29 is 28.7 Å². The first kappa shape index (κ1) is 30.6. The van der Waals surface area contributed by atoms with E-state index in [1.807, 2.05) is 20.8 Å². The van der Waals surface area contributed by atoms with Gasteiger partial charge >= 0.3 is 12.2 Å². The van der Waals surface area contributed by atoms with Gasteiger partial charge < -0.3 is 24.6 Å². The van der Waals surface area contributed by atoms with Gasteiger partial charge in [-0.15, -0.1) is 0 Å². The molecule has 0 aromatic carbocycles. The van der Waals surface area contributed by atoms with Gasteiger partial charge in [-0.05, 0) is 52.7 Å². The molecule has 35 heavy (non-hydrogen) atoms. The van der Waals surface area contributed by atoms with Crippen LogP contribution in [-0.2, 0) is 19.1 Å². The van der Waals surface area contributed by atoms with Gasteiger partial charge in [0.2, 0.25) is 0 Å². The van der Waals surface area contributed by atoms with Gasteiger partial charge in [-0.3, -0.25) is 14.9 Å². The molecule has 0 bridgehead atoms. The summed E-state index contributed by atoms with van der Waals surface area (Å²) in [6.07, 6.45) is 3.18. The molecule has 10 heteroatoms. The standard InChI is InChI=1S/C25H44N4O6/c1-18(2)21(31)25(6)17-29(8)23(33)35-15-10-9-14-34-22(32)28(7)13-11-12-24(5,27-19(3)4)20(30)16-26-25/h9-10,18-19,26-27H,11-17H2,1-8H3/t24-,25-/m1/s1. The summed E-state index contributed by atoms with van der Waals surface area (Å²) in [5, 5.41) is 6.50. The molecule has 0 saturated carbocycles. The Morgan fingerprint density at radius 1 is 1.00 bits per heavy atom. The summed E-state index contributed by atoms with van der Waals surface area (Å²) < 4.78 is 10.4. The Hall–Kier alpha value is -2.46. The maximum Gasteiger partial charge on any atom is 0.409 e. The van der Waals surface area contributed by atoms with Crippen LogP contribution in [0.3, 0.4) is 0 Å². The fraction of sp³-hybridized carbons (Fsp3) is 0.760. The first-order valence-corrected chi connectivity index (χ1v) is 12.2. The van der Waals surface area contributed by atoms with Gasteiger partial charge in [0.15, 0.2) is 11.6 Å². The molecule has 0 radical (unpaired) electrons. The number of carbonyl (C=O) groups excluding carboxylic acids is 4. The predicted molar refractivity (Wildman–Crippen MR) is 134 cm³/mol. The summed E-state index contributed by atoms with van der Waals surface area (Å²) in [5.74, 6) is -0.511. The third-order valence-corrected chi connectivity index (χ3v) is 6.05. The number of ketones is 2. The second-order valence-corrected chi connectivity index (χ2v) is 10.3. The molecule has 2 amide bonds. The smallest absolute Gasteiger partial charge is 0.409 e. The summed E-state index contributed by atoms with van der Waals surface area (Å²) in [6.45, 7) is 11.5. The number of nitrogens with one attached hydrogen (secondary N) is 2. The summed E-state index contributed by atoms with van der Waals surface area (Å²) in [4.78, 5) is 54.0.